The number of rotatable bonds is 1. The van der Waals surface area contributed by atoms with Crippen LogP contribution in [0, 0.1) is 23.2 Å². The summed E-state index contributed by atoms with van der Waals surface area (Å²) in [5, 5.41) is 0.534. The Bertz CT molecular complexity index is 668. The molecule has 0 aromatic heterocycles. The van der Waals surface area contributed by atoms with Crippen molar-refractivity contribution in [2.75, 3.05) is 4.90 Å². The third-order valence-corrected chi connectivity index (χ3v) is 5.41. The summed E-state index contributed by atoms with van der Waals surface area (Å²) in [5.41, 5.74) is 0.0151. The first kappa shape index (κ1) is 12.2. The normalized spacial score (nSPS) is 37.9. The van der Waals surface area contributed by atoms with Crippen molar-refractivity contribution in [3.05, 3.63) is 41.4 Å². The van der Waals surface area contributed by atoms with E-state index >= 15 is 0 Å². The van der Waals surface area contributed by atoms with Gasteiger partial charge in [0, 0.05) is 5.02 Å². The van der Waals surface area contributed by atoms with Gasteiger partial charge in [0.05, 0.1) is 17.0 Å². The Labute approximate surface area is 122 Å². The molecule has 20 heavy (non-hydrogen) atoms. The van der Waals surface area contributed by atoms with Gasteiger partial charge in [0.1, 0.15) is 0 Å². The molecule has 4 atom stereocenters. The van der Waals surface area contributed by atoms with Crippen molar-refractivity contribution in [1.82, 2.24) is 0 Å². The number of halogens is 1. The number of carbonyl (C=O) groups is 2. The molecule has 2 amide bonds. The lowest BCUT2D eigenvalue weighted by Crippen LogP contribution is -2.37. The number of allylic oxidation sites excluding steroid dienone is 2. The minimum atomic E-state index is -0.571. The van der Waals surface area contributed by atoms with Crippen molar-refractivity contribution >= 4 is 29.1 Å². The van der Waals surface area contributed by atoms with Gasteiger partial charge in [-0.3, -0.25) is 9.59 Å². The second kappa shape index (κ2) is 3.73. The molecule has 1 aliphatic heterocycles. The van der Waals surface area contributed by atoms with Gasteiger partial charge in [0.15, 0.2) is 0 Å². The maximum atomic E-state index is 12.8. The Morgan fingerprint density at radius 3 is 2.80 bits per heavy atom. The molecule has 2 fully saturated rings. The molecular weight excluding hydrogens is 274 g/mol. The predicted molar refractivity (Wildman–Crippen MR) is 76.3 cm³/mol. The van der Waals surface area contributed by atoms with Crippen LogP contribution in [0.25, 0.3) is 0 Å². The van der Waals surface area contributed by atoms with Gasteiger partial charge in [-0.25, -0.2) is 4.90 Å². The molecule has 1 saturated carbocycles. The molecular formula is C16H14ClNO2. The van der Waals surface area contributed by atoms with Crippen molar-refractivity contribution in [2.45, 2.75) is 13.3 Å². The number of hydrogen-bond acceptors (Lipinski definition) is 2. The van der Waals surface area contributed by atoms with E-state index in [9.17, 15) is 9.59 Å². The molecule has 0 N–H and O–H groups in total. The lowest BCUT2D eigenvalue weighted by Gasteiger charge is -2.28. The van der Waals surface area contributed by atoms with Crippen LogP contribution in [-0.2, 0) is 9.59 Å². The zero-order valence-electron chi connectivity index (χ0n) is 11.0. The van der Waals surface area contributed by atoms with E-state index in [0.717, 1.165) is 6.42 Å². The SMILES string of the molecule is C[C@@]12C(=O)N(c3cccc(Cl)c3)C(=O)[C@H]1[C@H]1C=C[C@H]2C1. The monoisotopic (exact) mass is 287 g/mol. The van der Waals surface area contributed by atoms with Crippen molar-refractivity contribution < 1.29 is 9.59 Å². The largest absolute Gasteiger partial charge is 0.274 e. The molecule has 3 aliphatic rings. The quantitative estimate of drug-likeness (QED) is 0.588. The second-order valence-corrected chi connectivity index (χ2v) is 6.55. The topological polar surface area (TPSA) is 37.4 Å². The number of anilines is 1. The first-order chi connectivity index (χ1) is 9.53. The lowest BCUT2D eigenvalue weighted by atomic mass is 9.71. The summed E-state index contributed by atoms with van der Waals surface area (Å²) in [6, 6.07) is 6.95. The van der Waals surface area contributed by atoms with Crippen LogP contribution in [0.3, 0.4) is 0 Å². The first-order valence-electron chi connectivity index (χ1n) is 6.86. The van der Waals surface area contributed by atoms with E-state index in [1.54, 1.807) is 24.3 Å². The van der Waals surface area contributed by atoms with Crippen LogP contribution in [0.2, 0.25) is 5.02 Å². The highest BCUT2D eigenvalue weighted by molar-refractivity contribution is 6.31. The number of imide groups is 1. The first-order valence-corrected chi connectivity index (χ1v) is 7.23. The van der Waals surface area contributed by atoms with Crippen LogP contribution in [0.1, 0.15) is 13.3 Å². The number of amides is 2. The standard InChI is InChI=1S/C16H14ClNO2/c1-16-10-6-5-9(7-10)13(16)14(19)18(15(16)20)12-4-2-3-11(17)8-12/h2-6,8-10,13H,7H2,1H3/t9-,10-,13+,16-/m0/s1. The van der Waals surface area contributed by atoms with Gasteiger partial charge in [-0.05, 0) is 43.4 Å². The van der Waals surface area contributed by atoms with Crippen LogP contribution < -0.4 is 4.90 Å². The summed E-state index contributed by atoms with van der Waals surface area (Å²) in [4.78, 5) is 26.9. The number of carbonyl (C=O) groups excluding carboxylic acids is 2. The van der Waals surface area contributed by atoms with E-state index in [2.05, 4.69) is 12.2 Å². The maximum absolute atomic E-state index is 12.8. The van der Waals surface area contributed by atoms with Gasteiger partial charge in [-0.15, -0.1) is 0 Å². The van der Waals surface area contributed by atoms with E-state index in [1.165, 1.54) is 4.90 Å². The van der Waals surface area contributed by atoms with Crippen LogP contribution in [0.5, 0.6) is 0 Å². The number of hydrogen-bond donors (Lipinski definition) is 0. The summed E-state index contributed by atoms with van der Waals surface area (Å²) in [6.45, 7) is 1.94. The van der Waals surface area contributed by atoms with E-state index < -0.39 is 5.41 Å². The fraction of sp³-hybridized carbons (Fsp3) is 0.375. The Morgan fingerprint density at radius 2 is 2.10 bits per heavy atom. The van der Waals surface area contributed by atoms with Gasteiger partial charge < -0.3 is 0 Å². The van der Waals surface area contributed by atoms with Gasteiger partial charge in [0.2, 0.25) is 11.8 Å². The van der Waals surface area contributed by atoms with Crippen molar-refractivity contribution in [3.8, 4) is 0 Å². The van der Waals surface area contributed by atoms with Crippen LogP contribution in [0.15, 0.2) is 36.4 Å². The summed E-state index contributed by atoms with van der Waals surface area (Å²) in [5.74, 6) is 0.0518. The molecule has 3 nitrogen and oxygen atoms in total. The molecule has 1 aromatic carbocycles. The fourth-order valence-corrected chi connectivity index (χ4v) is 4.35. The van der Waals surface area contributed by atoms with Crippen molar-refractivity contribution in [3.63, 3.8) is 0 Å². The van der Waals surface area contributed by atoms with Gasteiger partial charge >= 0.3 is 0 Å². The Morgan fingerprint density at radius 1 is 1.30 bits per heavy atom. The van der Waals surface area contributed by atoms with Crippen LogP contribution in [-0.4, -0.2) is 11.8 Å². The zero-order chi connectivity index (χ0) is 14.1. The third-order valence-electron chi connectivity index (χ3n) is 5.18. The average Bonchev–Trinajstić information content (AvgIpc) is 3.03. The molecule has 4 heteroatoms. The fourth-order valence-electron chi connectivity index (χ4n) is 4.17. The molecule has 2 aliphatic carbocycles. The molecule has 0 unspecified atom stereocenters. The molecule has 102 valence electrons. The average molecular weight is 288 g/mol. The molecule has 1 aromatic rings. The summed E-state index contributed by atoms with van der Waals surface area (Å²) in [6.07, 6.45) is 5.14. The highest BCUT2D eigenvalue weighted by Crippen LogP contribution is 2.60. The molecule has 1 saturated heterocycles. The van der Waals surface area contributed by atoms with Gasteiger partial charge in [-0.1, -0.05) is 29.8 Å². The summed E-state index contributed by atoms with van der Waals surface area (Å²) in [7, 11) is 0. The Balaban J connectivity index is 1.82. The molecule has 0 spiro atoms. The number of fused-ring (bicyclic) bond motifs is 5. The smallest absolute Gasteiger partial charge is 0.241 e. The minimum Gasteiger partial charge on any atom is -0.274 e. The summed E-state index contributed by atoms with van der Waals surface area (Å²) < 4.78 is 0. The van der Waals surface area contributed by atoms with Crippen molar-refractivity contribution in [1.29, 1.82) is 0 Å². The van der Waals surface area contributed by atoms with E-state index in [-0.39, 0.29) is 29.6 Å². The van der Waals surface area contributed by atoms with E-state index in [4.69, 9.17) is 11.6 Å². The molecule has 4 rings (SSSR count). The van der Waals surface area contributed by atoms with Gasteiger partial charge in [-0.2, -0.15) is 0 Å². The van der Waals surface area contributed by atoms with Crippen molar-refractivity contribution in [2.24, 2.45) is 23.2 Å². The molecule has 1 heterocycles. The Kier molecular flexibility index (Phi) is 2.27. The highest BCUT2D eigenvalue weighted by atomic mass is 35.5. The second-order valence-electron chi connectivity index (χ2n) is 6.11. The lowest BCUT2D eigenvalue weighted by molar-refractivity contribution is -0.127. The Hall–Kier alpha value is -1.61. The molecule has 0 radical (unpaired) electrons. The highest BCUT2D eigenvalue weighted by Gasteiger charge is 2.67. The minimum absolute atomic E-state index is 0.0726. The zero-order valence-corrected chi connectivity index (χ0v) is 11.8. The van der Waals surface area contributed by atoms with Gasteiger partial charge in [0.25, 0.3) is 0 Å². The van der Waals surface area contributed by atoms with Crippen LogP contribution >= 0.6 is 11.6 Å². The predicted octanol–water partition coefficient (Wildman–Crippen LogP) is 3.04. The molecule has 2 bridgehead atoms. The third kappa shape index (κ3) is 1.27. The van der Waals surface area contributed by atoms with Crippen LogP contribution in [0.4, 0.5) is 5.69 Å². The summed E-state index contributed by atoms with van der Waals surface area (Å²) >= 11 is 5.98. The number of nitrogens with zero attached hydrogens (tertiary/aromatic N) is 1. The van der Waals surface area contributed by atoms with E-state index in [0.29, 0.717) is 10.7 Å². The number of benzene rings is 1. The van der Waals surface area contributed by atoms with E-state index in [1.807, 2.05) is 6.92 Å². The maximum Gasteiger partial charge on any atom is 0.241 e.